The number of hydrogen-bond acceptors (Lipinski definition) is 5. The molecule has 0 aliphatic heterocycles. The van der Waals surface area contributed by atoms with Crippen LogP contribution in [0.3, 0.4) is 0 Å². The molecule has 0 aliphatic rings. The molecule has 6 heteroatoms. The molecule has 0 amide bonds. The van der Waals surface area contributed by atoms with Gasteiger partial charge in [-0.15, -0.1) is 0 Å². The summed E-state index contributed by atoms with van der Waals surface area (Å²) >= 11 is 0. The average molecular weight is 272 g/mol. The van der Waals surface area contributed by atoms with Gasteiger partial charge in [-0.05, 0) is 31.0 Å². The highest BCUT2D eigenvalue weighted by Gasteiger charge is 2.21. The Morgan fingerprint density at radius 2 is 2.00 bits per heavy atom. The molecular weight excluding hydrogens is 256 g/mol. The molecule has 0 aromatic heterocycles. The molecule has 5 nitrogen and oxygen atoms in total. The highest BCUT2D eigenvalue weighted by atomic mass is 32.2. The first-order valence-corrected chi connectivity index (χ1v) is 7.32. The summed E-state index contributed by atoms with van der Waals surface area (Å²) in [6, 6.07) is 2.89. The maximum absolute atomic E-state index is 11.7. The first kappa shape index (κ1) is 14.7. The molecule has 1 rings (SSSR count). The van der Waals surface area contributed by atoms with Crippen molar-refractivity contribution in [1.29, 1.82) is 0 Å². The Hall–Kier alpha value is -1.40. The fourth-order valence-corrected chi connectivity index (χ4v) is 3.09. The summed E-state index contributed by atoms with van der Waals surface area (Å²) < 4.78 is 28.3. The van der Waals surface area contributed by atoms with Gasteiger partial charge in [-0.2, -0.15) is 0 Å². The third-order valence-corrected chi connectivity index (χ3v) is 3.83. The number of rotatable bonds is 4. The fraction of sp³-hybridized carbons (Fsp3) is 0.417. The normalized spacial score (nSPS) is 11.3. The standard InChI is InChI=1S/C12H16O5S/c1-4-17-12(14)10-6-5-9(7-13)11(8(10)2)18(3,15)16/h5-6,13H,4,7H2,1-3H3. The molecule has 0 saturated heterocycles. The molecule has 0 radical (unpaired) electrons. The van der Waals surface area contributed by atoms with Crippen LogP contribution in [-0.4, -0.2) is 32.4 Å². The van der Waals surface area contributed by atoms with Crippen LogP contribution in [0.2, 0.25) is 0 Å². The molecule has 1 aromatic carbocycles. The number of ether oxygens (including phenoxy) is 1. The molecule has 0 spiro atoms. The highest BCUT2D eigenvalue weighted by molar-refractivity contribution is 7.90. The van der Waals surface area contributed by atoms with E-state index in [2.05, 4.69) is 0 Å². The summed E-state index contributed by atoms with van der Waals surface area (Å²) in [6.07, 6.45) is 1.05. The molecule has 18 heavy (non-hydrogen) atoms. The van der Waals surface area contributed by atoms with E-state index in [1.165, 1.54) is 19.1 Å². The summed E-state index contributed by atoms with van der Waals surface area (Å²) in [6.45, 7) is 3.02. The minimum atomic E-state index is -3.51. The molecule has 0 unspecified atom stereocenters. The van der Waals surface area contributed by atoms with Crippen molar-refractivity contribution in [3.05, 3.63) is 28.8 Å². The van der Waals surface area contributed by atoms with Crippen molar-refractivity contribution in [2.75, 3.05) is 12.9 Å². The number of carbonyl (C=O) groups is 1. The van der Waals surface area contributed by atoms with Gasteiger partial charge in [0.15, 0.2) is 9.84 Å². The first-order chi connectivity index (χ1) is 8.32. The first-order valence-electron chi connectivity index (χ1n) is 5.43. The minimum absolute atomic E-state index is 0.00412. The van der Waals surface area contributed by atoms with Crippen molar-refractivity contribution in [1.82, 2.24) is 0 Å². The van der Waals surface area contributed by atoms with Crippen LogP contribution in [0.25, 0.3) is 0 Å². The molecule has 100 valence electrons. The monoisotopic (exact) mass is 272 g/mol. The van der Waals surface area contributed by atoms with Crippen LogP contribution < -0.4 is 0 Å². The minimum Gasteiger partial charge on any atom is -0.462 e. The van der Waals surface area contributed by atoms with Gasteiger partial charge in [0.25, 0.3) is 0 Å². The molecule has 0 bridgehead atoms. The van der Waals surface area contributed by atoms with Gasteiger partial charge < -0.3 is 9.84 Å². The number of esters is 1. The zero-order valence-electron chi connectivity index (χ0n) is 10.6. The number of hydrogen-bond donors (Lipinski definition) is 1. The summed E-state index contributed by atoms with van der Waals surface area (Å²) in [5, 5.41) is 9.16. The lowest BCUT2D eigenvalue weighted by Crippen LogP contribution is -2.12. The maximum Gasteiger partial charge on any atom is 0.338 e. The predicted molar refractivity (Wildman–Crippen MR) is 66.2 cm³/mol. The lowest BCUT2D eigenvalue weighted by Gasteiger charge is -2.13. The van der Waals surface area contributed by atoms with Crippen LogP contribution in [0.4, 0.5) is 0 Å². The second-order valence-corrected chi connectivity index (χ2v) is 5.83. The summed E-state index contributed by atoms with van der Waals surface area (Å²) in [5.74, 6) is -0.565. The Bertz CT molecular complexity index is 560. The molecule has 1 N–H and O–H groups in total. The Labute approximate surface area is 106 Å². The van der Waals surface area contributed by atoms with Gasteiger partial charge in [0.2, 0.25) is 0 Å². The Morgan fingerprint density at radius 3 is 2.44 bits per heavy atom. The number of sulfone groups is 1. The van der Waals surface area contributed by atoms with E-state index >= 15 is 0 Å². The Balaban J connectivity index is 3.49. The van der Waals surface area contributed by atoms with Gasteiger partial charge in [-0.1, -0.05) is 6.07 Å². The zero-order chi connectivity index (χ0) is 13.9. The van der Waals surface area contributed by atoms with Gasteiger partial charge >= 0.3 is 5.97 Å². The largest absolute Gasteiger partial charge is 0.462 e. The molecular formula is C12H16O5S. The molecule has 0 aliphatic carbocycles. The van der Waals surface area contributed by atoms with Gasteiger partial charge in [0.1, 0.15) is 0 Å². The molecule has 0 atom stereocenters. The van der Waals surface area contributed by atoms with Crippen LogP contribution >= 0.6 is 0 Å². The van der Waals surface area contributed by atoms with Crippen LogP contribution in [0.5, 0.6) is 0 Å². The molecule has 0 fully saturated rings. The number of benzene rings is 1. The second-order valence-electron chi connectivity index (χ2n) is 3.88. The van der Waals surface area contributed by atoms with E-state index in [0.717, 1.165) is 6.26 Å². The van der Waals surface area contributed by atoms with E-state index in [-0.39, 0.29) is 22.6 Å². The van der Waals surface area contributed by atoms with Crippen LogP contribution in [-0.2, 0) is 21.2 Å². The summed E-state index contributed by atoms with van der Waals surface area (Å²) in [5.41, 5.74) is 0.792. The van der Waals surface area contributed by atoms with Gasteiger partial charge in [-0.3, -0.25) is 0 Å². The third kappa shape index (κ3) is 2.88. The van der Waals surface area contributed by atoms with Crippen LogP contribution in [0.1, 0.15) is 28.4 Å². The number of carbonyl (C=O) groups excluding carboxylic acids is 1. The predicted octanol–water partition coefficient (Wildman–Crippen LogP) is 1.07. The van der Waals surface area contributed by atoms with Crippen molar-refractivity contribution >= 4 is 15.8 Å². The summed E-state index contributed by atoms with van der Waals surface area (Å²) in [4.78, 5) is 11.7. The molecule has 1 aromatic rings. The van der Waals surface area contributed by atoms with Crippen molar-refractivity contribution in [3.8, 4) is 0 Å². The zero-order valence-corrected chi connectivity index (χ0v) is 11.4. The van der Waals surface area contributed by atoms with Crippen molar-refractivity contribution < 1.29 is 23.1 Å². The lowest BCUT2D eigenvalue weighted by atomic mass is 10.1. The topological polar surface area (TPSA) is 80.7 Å². The van der Waals surface area contributed by atoms with E-state index in [1.54, 1.807) is 6.92 Å². The fourth-order valence-electron chi connectivity index (χ4n) is 1.82. The van der Waals surface area contributed by atoms with Crippen molar-refractivity contribution in [3.63, 3.8) is 0 Å². The third-order valence-electron chi connectivity index (χ3n) is 2.52. The van der Waals surface area contributed by atoms with Gasteiger partial charge in [0, 0.05) is 6.26 Å². The van der Waals surface area contributed by atoms with E-state index in [4.69, 9.17) is 9.84 Å². The number of aliphatic hydroxyl groups is 1. The van der Waals surface area contributed by atoms with Crippen LogP contribution in [0, 0.1) is 6.92 Å². The van der Waals surface area contributed by atoms with E-state index < -0.39 is 22.4 Å². The van der Waals surface area contributed by atoms with E-state index in [9.17, 15) is 13.2 Å². The van der Waals surface area contributed by atoms with Gasteiger partial charge in [-0.25, -0.2) is 13.2 Å². The quantitative estimate of drug-likeness (QED) is 0.829. The Kier molecular flexibility index (Phi) is 4.48. The van der Waals surface area contributed by atoms with Gasteiger partial charge in [0.05, 0.1) is 23.7 Å². The average Bonchev–Trinajstić information content (AvgIpc) is 2.26. The van der Waals surface area contributed by atoms with E-state index in [0.29, 0.717) is 5.56 Å². The molecule has 0 heterocycles. The van der Waals surface area contributed by atoms with Crippen molar-refractivity contribution in [2.45, 2.75) is 25.3 Å². The lowest BCUT2D eigenvalue weighted by molar-refractivity contribution is 0.0525. The van der Waals surface area contributed by atoms with Crippen molar-refractivity contribution in [2.24, 2.45) is 0 Å². The van der Waals surface area contributed by atoms with Crippen LogP contribution in [0.15, 0.2) is 17.0 Å². The SMILES string of the molecule is CCOC(=O)c1ccc(CO)c(S(C)(=O)=O)c1C. The smallest absolute Gasteiger partial charge is 0.338 e. The second kappa shape index (κ2) is 5.49. The molecule has 0 saturated carbocycles. The van der Waals surface area contributed by atoms with E-state index in [1.807, 2.05) is 0 Å². The number of aliphatic hydroxyl groups excluding tert-OH is 1. The Morgan fingerprint density at radius 1 is 1.39 bits per heavy atom. The maximum atomic E-state index is 11.7. The summed E-state index contributed by atoms with van der Waals surface area (Å²) in [7, 11) is -3.51. The highest BCUT2D eigenvalue weighted by Crippen LogP contribution is 2.24.